The summed E-state index contributed by atoms with van der Waals surface area (Å²) in [6.07, 6.45) is -2.99. The van der Waals surface area contributed by atoms with Crippen molar-refractivity contribution in [3.63, 3.8) is 0 Å². The van der Waals surface area contributed by atoms with Crippen molar-refractivity contribution in [2.75, 3.05) is 31.7 Å². The second-order valence-electron chi connectivity index (χ2n) is 10.0. The number of nitrogens with one attached hydrogen (secondary N) is 1. The summed E-state index contributed by atoms with van der Waals surface area (Å²) in [5.74, 6) is -0.0394. The van der Waals surface area contributed by atoms with E-state index in [-0.39, 0.29) is 17.6 Å². The highest BCUT2D eigenvalue weighted by molar-refractivity contribution is 6.04. The van der Waals surface area contributed by atoms with Gasteiger partial charge < -0.3 is 25.0 Å². The first-order chi connectivity index (χ1) is 18.6. The zero-order chi connectivity index (χ0) is 27.8. The number of carbonyl (C=O) groups excluding carboxylic acids is 1. The Morgan fingerprint density at radius 3 is 2.82 bits per heavy atom. The van der Waals surface area contributed by atoms with Gasteiger partial charge in [-0.15, -0.1) is 0 Å². The van der Waals surface area contributed by atoms with E-state index < -0.39 is 30.5 Å². The number of carbonyl (C=O) groups is 1. The number of aromatic nitrogens is 2. The van der Waals surface area contributed by atoms with E-state index >= 15 is 0 Å². The van der Waals surface area contributed by atoms with Gasteiger partial charge in [-0.2, -0.15) is 13.2 Å². The Morgan fingerprint density at radius 1 is 1.26 bits per heavy atom. The lowest BCUT2D eigenvalue weighted by Crippen LogP contribution is -2.24. The maximum absolute atomic E-state index is 13.0. The van der Waals surface area contributed by atoms with Gasteiger partial charge in [0.25, 0.3) is 5.91 Å². The third-order valence-corrected chi connectivity index (χ3v) is 7.31. The highest BCUT2D eigenvalue weighted by Gasteiger charge is 2.57. The third kappa shape index (κ3) is 5.75. The number of hydrogen-bond donors (Lipinski definition) is 3. The lowest BCUT2D eigenvalue weighted by molar-refractivity contribution is -0.141. The van der Waals surface area contributed by atoms with Crippen LogP contribution in [-0.4, -0.2) is 58.6 Å². The first-order valence-electron chi connectivity index (χ1n) is 12.6. The van der Waals surface area contributed by atoms with Gasteiger partial charge in [0.2, 0.25) is 5.88 Å². The molecule has 1 aromatic carbocycles. The summed E-state index contributed by atoms with van der Waals surface area (Å²) in [6, 6.07) is 10.9. The standard InChI is InChI=1S/C28H28F3N3O5/c1-16-2-3-20(33-26(37)17-4-6-32-24(8-17)28(29,30)31)11-22(16)18-9-23(27-5-7-38-14-19(27)12-27)34-25(10-18)39-15-21(36)13-35/h2-4,6,8-11,19,21,35-36H,5,7,12-15H2,1H3,(H,33,37)/t19?,21-,27?/m1/s1. The molecular weight excluding hydrogens is 515 g/mol. The Hall–Kier alpha value is -3.54. The smallest absolute Gasteiger partial charge is 0.433 e. The number of benzene rings is 1. The molecule has 11 heteroatoms. The van der Waals surface area contributed by atoms with Crippen LogP contribution in [0.2, 0.25) is 0 Å². The number of pyridine rings is 2. The molecule has 2 fully saturated rings. The minimum Gasteiger partial charge on any atom is -0.475 e. The van der Waals surface area contributed by atoms with Crippen molar-refractivity contribution in [1.29, 1.82) is 0 Å². The molecular formula is C28H28F3N3O5. The summed E-state index contributed by atoms with van der Waals surface area (Å²) in [6.45, 7) is 2.62. The molecule has 5 rings (SSSR count). The van der Waals surface area contributed by atoms with E-state index in [1.807, 2.05) is 13.0 Å². The second kappa shape index (κ2) is 10.6. The Labute approximate surface area is 222 Å². The number of anilines is 1. The van der Waals surface area contributed by atoms with Gasteiger partial charge in [0, 0.05) is 35.5 Å². The number of aliphatic hydroxyl groups excluding tert-OH is 2. The molecule has 0 bridgehead atoms. The molecule has 3 aromatic rings. The Bertz CT molecular complexity index is 1380. The minimum absolute atomic E-state index is 0.112. The molecule has 3 heterocycles. The van der Waals surface area contributed by atoms with Crippen LogP contribution < -0.4 is 10.1 Å². The number of aryl methyl sites for hydroxylation is 1. The third-order valence-electron chi connectivity index (χ3n) is 7.31. The van der Waals surface area contributed by atoms with Crippen LogP contribution in [0.15, 0.2) is 48.7 Å². The maximum atomic E-state index is 13.0. The molecule has 8 nitrogen and oxygen atoms in total. The number of rotatable bonds is 8. The van der Waals surface area contributed by atoms with Gasteiger partial charge in [-0.1, -0.05) is 6.07 Å². The lowest BCUT2D eigenvalue weighted by atomic mass is 9.90. The Kier molecular flexibility index (Phi) is 7.32. The van der Waals surface area contributed by atoms with E-state index in [9.17, 15) is 23.1 Å². The molecule has 1 saturated heterocycles. The highest BCUT2D eigenvalue weighted by Crippen LogP contribution is 2.58. The molecule has 2 unspecified atom stereocenters. The molecule has 1 aliphatic heterocycles. The van der Waals surface area contributed by atoms with Crippen LogP contribution in [0.4, 0.5) is 18.9 Å². The molecule has 0 spiro atoms. The Morgan fingerprint density at radius 2 is 2.08 bits per heavy atom. The molecule has 1 aliphatic carbocycles. The summed E-state index contributed by atoms with van der Waals surface area (Å²) in [7, 11) is 0. The van der Waals surface area contributed by atoms with Crippen LogP contribution in [0.1, 0.15) is 40.2 Å². The summed E-state index contributed by atoms with van der Waals surface area (Å²) in [4.78, 5) is 20.8. The number of aliphatic hydroxyl groups is 2. The van der Waals surface area contributed by atoms with Crippen LogP contribution >= 0.6 is 0 Å². The molecule has 2 aromatic heterocycles. The van der Waals surface area contributed by atoms with Gasteiger partial charge in [-0.3, -0.25) is 9.78 Å². The van der Waals surface area contributed by atoms with Crippen molar-refractivity contribution in [2.45, 2.75) is 37.5 Å². The fraction of sp³-hybridized carbons (Fsp3) is 0.393. The van der Waals surface area contributed by atoms with E-state index in [1.54, 1.807) is 24.3 Å². The van der Waals surface area contributed by atoms with Crippen molar-refractivity contribution in [1.82, 2.24) is 9.97 Å². The van der Waals surface area contributed by atoms with E-state index in [2.05, 4.69) is 10.3 Å². The lowest BCUT2D eigenvalue weighted by Gasteiger charge is -2.23. The molecule has 1 saturated carbocycles. The number of halogens is 3. The SMILES string of the molecule is Cc1ccc(NC(=O)c2ccnc(C(F)(F)F)c2)cc1-c1cc(OC[C@H](O)CO)nc(C23CCOCC2C3)c1. The zero-order valence-corrected chi connectivity index (χ0v) is 21.2. The van der Waals surface area contributed by atoms with Crippen LogP contribution in [0.3, 0.4) is 0 Å². The normalized spacial score (nSPS) is 21.1. The fourth-order valence-electron chi connectivity index (χ4n) is 4.99. The first-order valence-corrected chi connectivity index (χ1v) is 12.6. The van der Waals surface area contributed by atoms with Crippen LogP contribution in [-0.2, 0) is 16.3 Å². The van der Waals surface area contributed by atoms with E-state index in [0.717, 1.165) is 41.4 Å². The molecule has 2 aliphatic rings. The van der Waals surface area contributed by atoms with E-state index in [4.69, 9.17) is 19.6 Å². The summed E-state index contributed by atoms with van der Waals surface area (Å²) in [5.41, 5.74) is 2.28. The van der Waals surface area contributed by atoms with Crippen molar-refractivity contribution >= 4 is 11.6 Å². The fourth-order valence-corrected chi connectivity index (χ4v) is 4.99. The van der Waals surface area contributed by atoms with E-state index in [1.165, 1.54) is 6.07 Å². The molecule has 39 heavy (non-hydrogen) atoms. The van der Waals surface area contributed by atoms with Gasteiger partial charge in [-0.25, -0.2) is 4.98 Å². The predicted octanol–water partition coefficient (Wildman–Crippen LogP) is 4.13. The largest absolute Gasteiger partial charge is 0.475 e. The second-order valence-corrected chi connectivity index (χ2v) is 10.0. The van der Waals surface area contributed by atoms with Crippen LogP contribution in [0, 0.1) is 12.8 Å². The number of amides is 1. The number of fused-ring (bicyclic) bond motifs is 1. The van der Waals surface area contributed by atoms with Crippen molar-refractivity contribution in [2.24, 2.45) is 5.92 Å². The highest BCUT2D eigenvalue weighted by atomic mass is 19.4. The molecule has 0 radical (unpaired) electrons. The number of ether oxygens (including phenoxy) is 2. The first kappa shape index (κ1) is 27.0. The maximum Gasteiger partial charge on any atom is 0.433 e. The summed E-state index contributed by atoms with van der Waals surface area (Å²) in [5, 5.41) is 21.6. The predicted molar refractivity (Wildman–Crippen MR) is 135 cm³/mol. The summed E-state index contributed by atoms with van der Waals surface area (Å²) < 4.78 is 50.5. The topological polar surface area (TPSA) is 114 Å². The van der Waals surface area contributed by atoms with E-state index in [0.29, 0.717) is 36.8 Å². The summed E-state index contributed by atoms with van der Waals surface area (Å²) >= 11 is 0. The molecule has 3 atom stereocenters. The number of hydrogen-bond acceptors (Lipinski definition) is 7. The Balaban J connectivity index is 1.46. The molecule has 1 amide bonds. The van der Waals surface area contributed by atoms with Gasteiger partial charge >= 0.3 is 6.18 Å². The van der Waals surface area contributed by atoms with Crippen molar-refractivity contribution in [3.8, 4) is 17.0 Å². The van der Waals surface area contributed by atoms with Gasteiger partial charge in [0.05, 0.1) is 18.9 Å². The van der Waals surface area contributed by atoms with Crippen molar-refractivity contribution < 1.29 is 37.7 Å². The van der Waals surface area contributed by atoms with Gasteiger partial charge in [0.15, 0.2) is 0 Å². The average molecular weight is 544 g/mol. The quantitative estimate of drug-likeness (QED) is 0.392. The number of nitrogens with zero attached hydrogens (tertiary/aromatic N) is 2. The minimum atomic E-state index is -4.66. The average Bonchev–Trinajstić information content (AvgIpc) is 3.68. The zero-order valence-electron chi connectivity index (χ0n) is 21.2. The van der Waals surface area contributed by atoms with Gasteiger partial charge in [-0.05, 0) is 72.7 Å². The van der Waals surface area contributed by atoms with Crippen molar-refractivity contribution in [3.05, 3.63) is 71.2 Å². The van der Waals surface area contributed by atoms with Crippen LogP contribution in [0.5, 0.6) is 5.88 Å². The van der Waals surface area contributed by atoms with Crippen LogP contribution in [0.25, 0.3) is 11.1 Å². The molecule has 206 valence electrons. The molecule has 3 N–H and O–H groups in total. The number of alkyl halides is 3. The van der Waals surface area contributed by atoms with Gasteiger partial charge in [0.1, 0.15) is 18.4 Å². The monoisotopic (exact) mass is 543 g/mol.